The Labute approximate surface area is 171 Å². The van der Waals surface area contributed by atoms with E-state index in [-0.39, 0.29) is 6.16 Å². The summed E-state index contributed by atoms with van der Waals surface area (Å²) in [6.45, 7) is 3.74. The number of aromatic nitrogens is 3. The lowest BCUT2D eigenvalue weighted by atomic mass is 10.0. The molecule has 0 radical (unpaired) electrons. The summed E-state index contributed by atoms with van der Waals surface area (Å²) in [5, 5.41) is 4.41. The van der Waals surface area contributed by atoms with Crippen molar-refractivity contribution in [1.82, 2.24) is 9.90 Å². The molecule has 1 aromatic rings. The summed E-state index contributed by atoms with van der Waals surface area (Å²) in [5.74, 6) is 0. The Hall–Kier alpha value is -0.710. The van der Waals surface area contributed by atoms with Crippen LogP contribution in [0.4, 0.5) is 0 Å². The molecule has 0 aromatic carbocycles. The Morgan fingerprint density at radius 1 is 0.821 bits per heavy atom. The van der Waals surface area contributed by atoms with E-state index in [4.69, 9.17) is 9.79 Å². The molecular weight excluding hydrogens is 373 g/mol. The second kappa shape index (κ2) is 16.1. The summed E-state index contributed by atoms with van der Waals surface area (Å²) in [6.07, 6.45) is 23.3. The van der Waals surface area contributed by atoms with Gasteiger partial charge in [-0.05, 0) is 19.3 Å². The highest BCUT2D eigenvalue weighted by atomic mass is 31.2. The third kappa shape index (κ3) is 15.2. The zero-order valence-electron chi connectivity index (χ0n) is 18.0. The van der Waals surface area contributed by atoms with Gasteiger partial charge in [-0.2, -0.15) is 0 Å². The topological polar surface area (TPSA) is 79.2 Å². The number of unbranched alkanes of at least 4 members (excludes halogenated alkanes) is 13. The molecule has 0 aliphatic carbocycles. The lowest BCUT2D eigenvalue weighted by molar-refractivity contribution is -0.755. The van der Waals surface area contributed by atoms with Gasteiger partial charge >= 0.3 is 7.60 Å². The molecule has 28 heavy (non-hydrogen) atoms. The molecule has 0 atom stereocenters. The first-order valence-corrected chi connectivity index (χ1v) is 13.3. The number of rotatable bonds is 19. The molecule has 0 aliphatic heterocycles. The van der Waals surface area contributed by atoms with Crippen molar-refractivity contribution in [2.75, 3.05) is 6.16 Å². The van der Waals surface area contributed by atoms with Crippen molar-refractivity contribution in [3.05, 3.63) is 12.4 Å². The van der Waals surface area contributed by atoms with Crippen molar-refractivity contribution in [3.63, 3.8) is 0 Å². The number of hydrogen-bond donors (Lipinski definition) is 2. The Morgan fingerprint density at radius 2 is 1.32 bits per heavy atom. The molecule has 0 bridgehead atoms. The summed E-state index contributed by atoms with van der Waals surface area (Å²) < 4.78 is 14.5. The van der Waals surface area contributed by atoms with Gasteiger partial charge in [-0.3, -0.25) is 4.57 Å². The highest BCUT2D eigenvalue weighted by Crippen LogP contribution is 2.34. The van der Waals surface area contributed by atoms with Gasteiger partial charge in [0.15, 0.2) is 12.4 Å². The maximum atomic E-state index is 10.8. The fourth-order valence-electron chi connectivity index (χ4n) is 3.51. The largest absolute Gasteiger partial charge is 0.325 e. The predicted octanol–water partition coefficient (Wildman–Crippen LogP) is 5.22. The Kier molecular flexibility index (Phi) is 14.6. The average Bonchev–Trinajstić information content (AvgIpc) is 3.08. The van der Waals surface area contributed by atoms with Gasteiger partial charge in [0.25, 0.3) is 0 Å². The van der Waals surface area contributed by atoms with E-state index < -0.39 is 7.60 Å². The fraction of sp³-hybridized carbons (Fsp3) is 0.905. The molecule has 0 saturated heterocycles. The van der Waals surface area contributed by atoms with Crippen LogP contribution in [0.5, 0.6) is 0 Å². The molecule has 164 valence electrons. The zero-order valence-corrected chi connectivity index (χ0v) is 18.9. The van der Waals surface area contributed by atoms with E-state index in [1.54, 1.807) is 4.68 Å². The Morgan fingerprint density at radius 3 is 1.82 bits per heavy atom. The number of aryl methyl sites for hydroxylation is 2. The lowest BCUT2D eigenvalue weighted by Crippen LogP contribution is -2.36. The molecule has 0 amide bonds. The first-order chi connectivity index (χ1) is 13.5. The smallest absolute Gasteiger partial charge is 0.324 e. The van der Waals surface area contributed by atoms with Crippen molar-refractivity contribution in [2.24, 2.45) is 0 Å². The Bertz CT molecular complexity index is 531. The van der Waals surface area contributed by atoms with E-state index in [2.05, 4.69) is 12.1 Å². The standard InChI is InChI=1S/C21H42N3O3P/c1-2-3-4-5-6-7-8-9-10-11-12-13-14-15-17-23-19-20-24(22-23)18-16-21-28(25,26)27/h19-20H,2-18,21H2,1H3,(H-,25,26,27)/p+1. The van der Waals surface area contributed by atoms with Gasteiger partial charge in [-0.1, -0.05) is 84.0 Å². The third-order valence-corrected chi connectivity index (χ3v) is 6.12. The fourth-order valence-corrected chi connectivity index (χ4v) is 4.06. The maximum absolute atomic E-state index is 10.8. The van der Waals surface area contributed by atoms with E-state index in [1.807, 2.05) is 17.1 Å². The first kappa shape index (κ1) is 25.3. The molecule has 0 aliphatic rings. The van der Waals surface area contributed by atoms with Crippen LogP contribution in [0.15, 0.2) is 12.4 Å². The van der Waals surface area contributed by atoms with Gasteiger partial charge in [-0.15, -0.1) is 9.36 Å². The van der Waals surface area contributed by atoms with Crippen LogP contribution in [0, 0.1) is 0 Å². The molecule has 0 saturated carbocycles. The minimum atomic E-state index is -3.89. The summed E-state index contributed by atoms with van der Waals surface area (Å²) in [4.78, 5) is 17.7. The van der Waals surface area contributed by atoms with Crippen LogP contribution in [0.25, 0.3) is 0 Å². The second-order valence-electron chi connectivity index (χ2n) is 8.05. The van der Waals surface area contributed by atoms with Crippen molar-refractivity contribution in [3.8, 4) is 0 Å². The van der Waals surface area contributed by atoms with E-state index in [1.165, 1.54) is 83.5 Å². The molecule has 1 rings (SSSR count). The highest BCUT2D eigenvalue weighted by Gasteiger charge is 2.13. The van der Waals surface area contributed by atoms with Crippen molar-refractivity contribution >= 4 is 7.60 Å². The molecule has 7 heteroatoms. The van der Waals surface area contributed by atoms with Gasteiger partial charge in [-0.25, -0.2) is 0 Å². The summed E-state index contributed by atoms with van der Waals surface area (Å²) in [6, 6.07) is 0. The average molecular weight is 417 g/mol. The van der Waals surface area contributed by atoms with Crippen LogP contribution < -0.4 is 4.68 Å². The molecule has 0 spiro atoms. The zero-order chi connectivity index (χ0) is 20.5. The van der Waals surface area contributed by atoms with Crippen LogP contribution in [0.1, 0.15) is 103 Å². The van der Waals surface area contributed by atoms with Crippen LogP contribution in [-0.4, -0.2) is 25.8 Å². The molecule has 2 N–H and O–H groups in total. The van der Waals surface area contributed by atoms with E-state index >= 15 is 0 Å². The summed E-state index contributed by atoms with van der Waals surface area (Å²) in [7, 11) is -3.89. The van der Waals surface area contributed by atoms with Gasteiger partial charge in [0, 0.05) is 0 Å². The Balaban J connectivity index is 1.88. The van der Waals surface area contributed by atoms with E-state index in [9.17, 15) is 4.57 Å². The van der Waals surface area contributed by atoms with E-state index in [0.717, 1.165) is 13.0 Å². The van der Waals surface area contributed by atoms with Crippen molar-refractivity contribution in [2.45, 2.75) is 116 Å². The van der Waals surface area contributed by atoms with Crippen molar-refractivity contribution in [1.29, 1.82) is 0 Å². The molecule has 0 fully saturated rings. The normalized spacial score (nSPS) is 12.0. The van der Waals surface area contributed by atoms with Crippen LogP contribution >= 0.6 is 7.60 Å². The summed E-state index contributed by atoms with van der Waals surface area (Å²) in [5.41, 5.74) is 0. The van der Waals surface area contributed by atoms with Crippen LogP contribution in [0.3, 0.4) is 0 Å². The predicted molar refractivity (Wildman–Crippen MR) is 114 cm³/mol. The van der Waals surface area contributed by atoms with Gasteiger partial charge in [0.1, 0.15) is 13.1 Å². The monoisotopic (exact) mass is 416 g/mol. The maximum Gasteiger partial charge on any atom is 0.325 e. The van der Waals surface area contributed by atoms with Crippen LogP contribution in [0.2, 0.25) is 0 Å². The highest BCUT2D eigenvalue weighted by molar-refractivity contribution is 7.51. The minimum Gasteiger partial charge on any atom is -0.324 e. The molecular formula is C21H43N3O3P+. The van der Waals surface area contributed by atoms with Gasteiger partial charge < -0.3 is 9.79 Å². The first-order valence-electron chi connectivity index (χ1n) is 11.5. The summed E-state index contributed by atoms with van der Waals surface area (Å²) >= 11 is 0. The van der Waals surface area contributed by atoms with Crippen molar-refractivity contribution < 1.29 is 19.0 Å². The van der Waals surface area contributed by atoms with Crippen LogP contribution in [-0.2, 0) is 17.7 Å². The number of hydrogen-bond acceptors (Lipinski definition) is 2. The third-order valence-electron chi connectivity index (χ3n) is 5.22. The minimum absolute atomic E-state index is 0.0776. The van der Waals surface area contributed by atoms with Gasteiger partial charge in [0.2, 0.25) is 0 Å². The molecule has 6 nitrogen and oxygen atoms in total. The lowest BCUT2D eigenvalue weighted by Gasteiger charge is -2.02. The quantitative estimate of drug-likeness (QED) is 0.184. The molecule has 1 heterocycles. The number of nitrogens with zero attached hydrogens (tertiary/aromatic N) is 3. The van der Waals surface area contributed by atoms with E-state index in [0.29, 0.717) is 13.0 Å². The molecule has 0 unspecified atom stereocenters. The second-order valence-corrected chi connectivity index (χ2v) is 9.83. The SMILES string of the molecule is CCCCCCCCCCCCCCCCn1cc[n+](CCCP(=O)(O)O)n1. The molecule has 1 aromatic heterocycles. The van der Waals surface area contributed by atoms with Gasteiger partial charge in [0.05, 0.1) is 11.4 Å².